The molecule has 2 rings (SSSR count). The molecule has 2 unspecified atom stereocenters. The van der Waals surface area contributed by atoms with E-state index in [2.05, 4.69) is 0 Å². The molecule has 0 aliphatic carbocycles. The van der Waals surface area contributed by atoms with Crippen molar-refractivity contribution in [2.45, 2.75) is 11.4 Å². The van der Waals surface area contributed by atoms with Crippen molar-refractivity contribution in [3.8, 4) is 5.75 Å². The highest BCUT2D eigenvalue weighted by Gasteiger charge is 2.26. The number of halogens is 1. The van der Waals surface area contributed by atoms with Crippen LogP contribution in [0.5, 0.6) is 5.75 Å². The van der Waals surface area contributed by atoms with Gasteiger partial charge < -0.3 is 9.84 Å². The van der Waals surface area contributed by atoms with Crippen molar-refractivity contribution in [2.24, 2.45) is 0 Å². The number of rotatable bonds is 3. The van der Waals surface area contributed by atoms with Gasteiger partial charge >= 0.3 is 0 Å². The molecule has 1 fully saturated rings. The van der Waals surface area contributed by atoms with Gasteiger partial charge in [-0.3, -0.25) is 0 Å². The monoisotopic (exact) mass is 274 g/mol. The second kappa shape index (κ2) is 5.98. The fourth-order valence-corrected chi connectivity index (χ4v) is 4.57. The van der Waals surface area contributed by atoms with Gasteiger partial charge in [0.1, 0.15) is 11.6 Å². The lowest BCUT2D eigenvalue weighted by Gasteiger charge is -2.27. The third-order valence-corrected chi connectivity index (χ3v) is 5.55. The summed E-state index contributed by atoms with van der Waals surface area (Å²) in [5.41, 5.74) is 0.549. The fraction of sp³-hybridized carbons (Fsp3) is 0.500. The van der Waals surface area contributed by atoms with Gasteiger partial charge in [-0.15, -0.1) is 0 Å². The number of ether oxygens (including phenoxy) is 1. The Morgan fingerprint density at radius 3 is 2.94 bits per heavy atom. The maximum atomic E-state index is 13.2. The van der Waals surface area contributed by atoms with E-state index in [1.54, 1.807) is 17.8 Å². The predicted molar refractivity (Wildman–Crippen MR) is 71.5 cm³/mol. The van der Waals surface area contributed by atoms with Crippen LogP contribution in [0.1, 0.15) is 11.7 Å². The first-order valence-electron chi connectivity index (χ1n) is 5.43. The Balaban J connectivity index is 2.21. The van der Waals surface area contributed by atoms with Crippen LogP contribution in [-0.4, -0.2) is 34.7 Å². The van der Waals surface area contributed by atoms with E-state index in [1.165, 1.54) is 19.2 Å². The Morgan fingerprint density at radius 2 is 2.29 bits per heavy atom. The Bertz CT molecular complexity index is 381. The molecular formula is C12H15FO2S2. The van der Waals surface area contributed by atoms with Crippen molar-refractivity contribution >= 4 is 23.5 Å². The molecule has 0 aromatic heterocycles. The lowest BCUT2D eigenvalue weighted by molar-refractivity contribution is 0.175. The molecule has 1 heterocycles. The smallest absolute Gasteiger partial charge is 0.124 e. The minimum atomic E-state index is -0.668. The molecule has 0 spiro atoms. The summed E-state index contributed by atoms with van der Waals surface area (Å²) in [4.78, 5) is 0. The van der Waals surface area contributed by atoms with E-state index >= 15 is 0 Å². The first kappa shape index (κ1) is 13.1. The van der Waals surface area contributed by atoms with Gasteiger partial charge in [0.2, 0.25) is 0 Å². The van der Waals surface area contributed by atoms with Crippen molar-refractivity contribution in [3.63, 3.8) is 0 Å². The number of thioether (sulfide) groups is 2. The minimum Gasteiger partial charge on any atom is -0.496 e. The second-order valence-corrected chi connectivity index (χ2v) is 6.31. The molecule has 2 nitrogen and oxygen atoms in total. The van der Waals surface area contributed by atoms with E-state index in [9.17, 15) is 9.50 Å². The average molecular weight is 274 g/mol. The zero-order chi connectivity index (χ0) is 12.3. The molecule has 0 radical (unpaired) electrons. The summed E-state index contributed by atoms with van der Waals surface area (Å²) in [5.74, 6) is 3.26. The van der Waals surface area contributed by atoms with Gasteiger partial charge in [-0.1, -0.05) is 0 Å². The molecule has 2 atom stereocenters. The summed E-state index contributed by atoms with van der Waals surface area (Å²) in [6, 6.07) is 4.27. The molecule has 1 aliphatic heterocycles. The molecule has 0 saturated carbocycles. The SMILES string of the molecule is COc1ccc(F)cc1C(O)C1CSCCS1. The van der Waals surface area contributed by atoms with Gasteiger partial charge in [-0.2, -0.15) is 23.5 Å². The van der Waals surface area contributed by atoms with Gasteiger partial charge in [0.25, 0.3) is 0 Å². The standard InChI is InChI=1S/C12H15FO2S2/c1-15-10-3-2-8(13)6-9(10)12(14)11-7-16-4-5-17-11/h2-3,6,11-12,14H,4-5,7H2,1H3. The number of aliphatic hydroxyl groups is 1. The van der Waals surface area contributed by atoms with E-state index in [4.69, 9.17) is 4.74 Å². The van der Waals surface area contributed by atoms with Gasteiger partial charge in [0, 0.05) is 28.1 Å². The largest absolute Gasteiger partial charge is 0.496 e. The number of methoxy groups -OCH3 is 1. The molecule has 1 aliphatic rings. The van der Waals surface area contributed by atoms with Gasteiger partial charge in [0.15, 0.2) is 0 Å². The van der Waals surface area contributed by atoms with Crippen LogP contribution in [0.3, 0.4) is 0 Å². The van der Waals surface area contributed by atoms with Gasteiger partial charge in [-0.05, 0) is 18.2 Å². The minimum absolute atomic E-state index is 0.115. The van der Waals surface area contributed by atoms with Crippen LogP contribution in [0.15, 0.2) is 18.2 Å². The summed E-state index contributed by atoms with van der Waals surface area (Å²) < 4.78 is 18.4. The van der Waals surface area contributed by atoms with E-state index in [-0.39, 0.29) is 11.1 Å². The van der Waals surface area contributed by atoms with Crippen molar-refractivity contribution in [3.05, 3.63) is 29.6 Å². The molecule has 1 saturated heterocycles. The molecule has 1 N–H and O–H groups in total. The Labute approximate surface area is 109 Å². The van der Waals surface area contributed by atoms with Crippen LogP contribution >= 0.6 is 23.5 Å². The van der Waals surface area contributed by atoms with E-state index in [0.29, 0.717) is 11.3 Å². The van der Waals surface area contributed by atoms with E-state index in [0.717, 1.165) is 17.3 Å². The number of aliphatic hydroxyl groups excluding tert-OH is 1. The average Bonchev–Trinajstić information content (AvgIpc) is 2.39. The molecule has 1 aromatic rings. The zero-order valence-electron chi connectivity index (χ0n) is 9.56. The molecule has 0 amide bonds. The Kier molecular flexibility index (Phi) is 4.59. The van der Waals surface area contributed by atoms with Crippen molar-refractivity contribution < 1.29 is 14.2 Å². The molecule has 1 aromatic carbocycles. The quantitative estimate of drug-likeness (QED) is 0.918. The van der Waals surface area contributed by atoms with Crippen molar-refractivity contribution in [1.29, 1.82) is 0 Å². The molecule has 17 heavy (non-hydrogen) atoms. The first-order valence-corrected chi connectivity index (χ1v) is 7.63. The van der Waals surface area contributed by atoms with Crippen LogP contribution < -0.4 is 4.74 Å². The third kappa shape index (κ3) is 3.09. The summed E-state index contributed by atoms with van der Waals surface area (Å²) in [6.07, 6.45) is -0.668. The molecule has 5 heteroatoms. The van der Waals surface area contributed by atoms with Crippen LogP contribution in [0.2, 0.25) is 0 Å². The summed E-state index contributed by atoms with van der Waals surface area (Å²) in [5, 5.41) is 10.4. The van der Waals surface area contributed by atoms with Crippen LogP contribution in [-0.2, 0) is 0 Å². The zero-order valence-corrected chi connectivity index (χ0v) is 11.2. The first-order chi connectivity index (χ1) is 8.22. The van der Waals surface area contributed by atoms with Gasteiger partial charge in [0.05, 0.1) is 13.2 Å². The van der Waals surface area contributed by atoms with E-state index < -0.39 is 6.10 Å². The topological polar surface area (TPSA) is 29.5 Å². The lowest BCUT2D eigenvalue weighted by atomic mass is 10.1. The maximum Gasteiger partial charge on any atom is 0.124 e. The fourth-order valence-electron chi connectivity index (χ4n) is 1.82. The highest BCUT2D eigenvalue weighted by Crippen LogP contribution is 2.37. The number of benzene rings is 1. The number of hydrogen-bond acceptors (Lipinski definition) is 4. The molecular weight excluding hydrogens is 259 g/mol. The van der Waals surface area contributed by atoms with E-state index in [1.807, 2.05) is 11.8 Å². The van der Waals surface area contributed by atoms with Crippen molar-refractivity contribution in [2.75, 3.05) is 24.4 Å². The number of hydrogen-bond donors (Lipinski definition) is 1. The molecule has 94 valence electrons. The highest BCUT2D eigenvalue weighted by atomic mass is 32.2. The maximum absolute atomic E-state index is 13.2. The normalized spacial score (nSPS) is 22.2. The third-order valence-electron chi connectivity index (χ3n) is 2.70. The summed E-state index contributed by atoms with van der Waals surface area (Å²) in [6.45, 7) is 0. The Morgan fingerprint density at radius 1 is 1.47 bits per heavy atom. The second-order valence-electron chi connectivity index (χ2n) is 3.82. The summed E-state index contributed by atoms with van der Waals surface area (Å²) in [7, 11) is 1.53. The van der Waals surface area contributed by atoms with Crippen LogP contribution in [0.25, 0.3) is 0 Å². The van der Waals surface area contributed by atoms with Crippen LogP contribution in [0, 0.1) is 5.82 Å². The highest BCUT2D eigenvalue weighted by molar-refractivity contribution is 8.06. The summed E-state index contributed by atoms with van der Waals surface area (Å²) >= 11 is 3.57. The Hall–Kier alpha value is -0.390. The van der Waals surface area contributed by atoms with Crippen molar-refractivity contribution in [1.82, 2.24) is 0 Å². The predicted octanol–water partition coefficient (Wildman–Crippen LogP) is 2.72. The lowest BCUT2D eigenvalue weighted by Crippen LogP contribution is -2.22. The molecule has 0 bridgehead atoms. The van der Waals surface area contributed by atoms with Crippen LogP contribution in [0.4, 0.5) is 4.39 Å². The van der Waals surface area contributed by atoms with Gasteiger partial charge in [-0.25, -0.2) is 4.39 Å².